The molecule has 0 atom stereocenters. The van der Waals surface area contributed by atoms with Crippen LogP contribution in [0.1, 0.15) is 0 Å². The van der Waals surface area contributed by atoms with Gasteiger partial charge in [-0.2, -0.15) is 0 Å². The van der Waals surface area contributed by atoms with Crippen molar-refractivity contribution in [2.45, 2.75) is 0 Å². The maximum Gasteiger partial charge on any atom is 0.0963 e. The van der Waals surface area contributed by atoms with Gasteiger partial charge in [-0.3, -0.25) is 4.98 Å². The number of hydrogen-bond donors (Lipinski definition) is 2. The Kier molecular flexibility index (Phi) is 2.27. The zero-order valence-electron chi connectivity index (χ0n) is 10.8. The number of nitrogen functional groups attached to an aromatic ring is 1. The summed E-state index contributed by atoms with van der Waals surface area (Å²) in [6, 6.07) is 18.1. The third-order valence-electron chi connectivity index (χ3n) is 3.64. The minimum atomic E-state index is 0.742. The minimum absolute atomic E-state index is 0.742. The van der Waals surface area contributed by atoms with E-state index in [1.165, 1.54) is 10.8 Å². The normalized spacial score (nSPS) is 11.2. The van der Waals surface area contributed by atoms with Gasteiger partial charge >= 0.3 is 0 Å². The van der Waals surface area contributed by atoms with Crippen LogP contribution in [0.3, 0.4) is 0 Å². The molecule has 3 nitrogen and oxygen atoms in total. The van der Waals surface area contributed by atoms with Crippen LogP contribution in [0.15, 0.2) is 60.8 Å². The predicted molar refractivity (Wildman–Crippen MR) is 83.4 cm³/mol. The molecule has 0 amide bonds. The van der Waals surface area contributed by atoms with Crippen LogP contribution in [0.25, 0.3) is 33.1 Å². The number of nitrogens with one attached hydrogen (secondary N) is 1. The highest BCUT2D eigenvalue weighted by atomic mass is 14.8. The standard InChI is InChI=1S/C17H13N3/c18-14-7-3-1-6-13(14)16-17-12(9-10-19-16)11-5-2-4-8-15(11)20-17/h1-10,20H,18H2. The van der Waals surface area contributed by atoms with Gasteiger partial charge in [0.25, 0.3) is 0 Å². The average Bonchev–Trinajstić information content (AvgIpc) is 2.86. The number of para-hydroxylation sites is 2. The highest BCUT2D eigenvalue weighted by Gasteiger charge is 2.11. The van der Waals surface area contributed by atoms with Gasteiger partial charge in [0.1, 0.15) is 0 Å². The van der Waals surface area contributed by atoms with Crippen molar-refractivity contribution in [3.63, 3.8) is 0 Å². The second kappa shape index (κ2) is 4.10. The Balaban J connectivity index is 2.13. The lowest BCUT2D eigenvalue weighted by Crippen LogP contribution is -1.92. The maximum atomic E-state index is 6.08. The van der Waals surface area contributed by atoms with Crippen LogP contribution in [-0.4, -0.2) is 9.97 Å². The predicted octanol–water partition coefficient (Wildman–Crippen LogP) is 3.97. The third-order valence-corrected chi connectivity index (χ3v) is 3.64. The lowest BCUT2D eigenvalue weighted by molar-refractivity contribution is 1.34. The molecule has 2 aromatic carbocycles. The Labute approximate surface area is 116 Å². The molecule has 0 aliphatic heterocycles. The molecular formula is C17H13N3. The van der Waals surface area contributed by atoms with E-state index in [4.69, 9.17) is 5.73 Å². The molecule has 0 spiro atoms. The van der Waals surface area contributed by atoms with Gasteiger partial charge < -0.3 is 10.7 Å². The number of anilines is 1. The van der Waals surface area contributed by atoms with Crippen LogP contribution in [0.5, 0.6) is 0 Å². The van der Waals surface area contributed by atoms with Crippen molar-refractivity contribution in [2.75, 3.05) is 5.73 Å². The number of nitrogens with zero attached hydrogens (tertiary/aromatic N) is 1. The second-order valence-electron chi connectivity index (χ2n) is 4.84. The van der Waals surface area contributed by atoms with Crippen molar-refractivity contribution < 1.29 is 0 Å². The second-order valence-corrected chi connectivity index (χ2v) is 4.84. The first-order valence-electron chi connectivity index (χ1n) is 6.55. The summed E-state index contributed by atoms with van der Waals surface area (Å²) in [6.45, 7) is 0. The van der Waals surface area contributed by atoms with Gasteiger partial charge in [-0.1, -0.05) is 36.4 Å². The molecule has 2 aromatic heterocycles. The van der Waals surface area contributed by atoms with Gasteiger partial charge in [0.2, 0.25) is 0 Å². The number of aromatic amines is 1. The van der Waals surface area contributed by atoms with Crippen molar-refractivity contribution in [1.82, 2.24) is 9.97 Å². The highest BCUT2D eigenvalue weighted by molar-refractivity contribution is 6.11. The van der Waals surface area contributed by atoms with E-state index in [0.717, 1.165) is 28.0 Å². The molecule has 0 fully saturated rings. The number of rotatable bonds is 1. The molecule has 96 valence electrons. The van der Waals surface area contributed by atoms with E-state index in [1.807, 2.05) is 48.7 Å². The molecule has 0 radical (unpaired) electrons. The van der Waals surface area contributed by atoms with Crippen LogP contribution >= 0.6 is 0 Å². The van der Waals surface area contributed by atoms with Crippen LogP contribution in [-0.2, 0) is 0 Å². The summed E-state index contributed by atoms with van der Waals surface area (Å²) in [4.78, 5) is 7.98. The summed E-state index contributed by atoms with van der Waals surface area (Å²) in [7, 11) is 0. The summed E-state index contributed by atoms with van der Waals surface area (Å²) in [5.41, 5.74) is 10.8. The molecule has 0 saturated heterocycles. The first kappa shape index (κ1) is 11.1. The maximum absolute atomic E-state index is 6.08. The van der Waals surface area contributed by atoms with E-state index in [0.29, 0.717) is 0 Å². The van der Waals surface area contributed by atoms with E-state index < -0.39 is 0 Å². The molecule has 0 saturated carbocycles. The quantitative estimate of drug-likeness (QED) is 0.508. The Bertz CT molecular complexity index is 922. The Morgan fingerprint density at radius 1 is 0.850 bits per heavy atom. The molecule has 3 N–H and O–H groups in total. The van der Waals surface area contributed by atoms with Crippen molar-refractivity contribution in [2.24, 2.45) is 0 Å². The molecule has 0 aliphatic carbocycles. The molecule has 20 heavy (non-hydrogen) atoms. The topological polar surface area (TPSA) is 54.7 Å². The van der Waals surface area contributed by atoms with E-state index in [-0.39, 0.29) is 0 Å². The number of aromatic nitrogens is 2. The van der Waals surface area contributed by atoms with Crippen molar-refractivity contribution in [3.05, 3.63) is 60.8 Å². The van der Waals surface area contributed by atoms with Crippen LogP contribution in [0.4, 0.5) is 5.69 Å². The van der Waals surface area contributed by atoms with E-state index in [2.05, 4.69) is 22.1 Å². The molecule has 0 bridgehead atoms. The van der Waals surface area contributed by atoms with E-state index in [1.54, 1.807) is 0 Å². The van der Waals surface area contributed by atoms with Gasteiger partial charge in [-0.05, 0) is 18.2 Å². The van der Waals surface area contributed by atoms with Crippen LogP contribution in [0.2, 0.25) is 0 Å². The van der Waals surface area contributed by atoms with Gasteiger partial charge in [-0.15, -0.1) is 0 Å². The number of H-pyrrole nitrogens is 1. The van der Waals surface area contributed by atoms with Gasteiger partial charge in [0.05, 0.1) is 11.2 Å². The number of hydrogen-bond acceptors (Lipinski definition) is 2. The molecule has 0 unspecified atom stereocenters. The Morgan fingerprint density at radius 3 is 2.55 bits per heavy atom. The number of nitrogens with two attached hydrogens (primary N) is 1. The molecule has 2 heterocycles. The van der Waals surface area contributed by atoms with Crippen molar-refractivity contribution >= 4 is 27.5 Å². The zero-order valence-corrected chi connectivity index (χ0v) is 10.8. The summed E-state index contributed by atoms with van der Waals surface area (Å²) in [5.74, 6) is 0. The van der Waals surface area contributed by atoms with E-state index in [9.17, 15) is 0 Å². The first-order chi connectivity index (χ1) is 9.84. The number of fused-ring (bicyclic) bond motifs is 3. The van der Waals surface area contributed by atoms with E-state index >= 15 is 0 Å². The third kappa shape index (κ3) is 1.50. The summed E-state index contributed by atoms with van der Waals surface area (Å²) >= 11 is 0. The molecular weight excluding hydrogens is 246 g/mol. The van der Waals surface area contributed by atoms with Gasteiger partial charge in [-0.25, -0.2) is 0 Å². The van der Waals surface area contributed by atoms with Gasteiger partial charge in [0, 0.05) is 33.7 Å². The first-order valence-corrected chi connectivity index (χ1v) is 6.55. The Morgan fingerprint density at radius 2 is 1.65 bits per heavy atom. The lowest BCUT2D eigenvalue weighted by Gasteiger charge is -2.05. The number of pyridine rings is 1. The lowest BCUT2D eigenvalue weighted by atomic mass is 10.1. The molecule has 4 aromatic rings. The SMILES string of the molecule is Nc1ccccc1-c1nccc2c1[nH]c1ccccc12. The Hall–Kier alpha value is -2.81. The molecule has 4 rings (SSSR count). The fraction of sp³-hybridized carbons (Fsp3) is 0. The summed E-state index contributed by atoms with van der Waals surface area (Å²) in [5, 5.41) is 2.38. The monoisotopic (exact) mass is 259 g/mol. The zero-order chi connectivity index (χ0) is 13.5. The highest BCUT2D eigenvalue weighted by Crippen LogP contribution is 2.33. The molecule has 3 heteroatoms. The smallest absolute Gasteiger partial charge is 0.0963 e. The minimum Gasteiger partial charge on any atom is -0.398 e. The van der Waals surface area contributed by atoms with Gasteiger partial charge in [0.15, 0.2) is 0 Å². The molecule has 0 aliphatic rings. The summed E-state index contributed by atoms with van der Waals surface area (Å²) < 4.78 is 0. The van der Waals surface area contributed by atoms with Crippen LogP contribution < -0.4 is 5.73 Å². The van der Waals surface area contributed by atoms with Crippen LogP contribution in [0, 0.1) is 0 Å². The van der Waals surface area contributed by atoms with Crippen molar-refractivity contribution in [3.8, 4) is 11.3 Å². The number of benzene rings is 2. The summed E-state index contributed by atoms with van der Waals surface area (Å²) in [6.07, 6.45) is 1.84. The average molecular weight is 259 g/mol. The fourth-order valence-electron chi connectivity index (χ4n) is 2.69. The largest absolute Gasteiger partial charge is 0.398 e. The van der Waals surface area contributed by atoms with Crippen molar-refractivity contribution in [1.29, 1.82) is 0 Å². The fourth-order valence-corrected chi connectivity index (χ4v) is 2.69.